The maximum Gasteiger partial charge on any atom is 0.117 e. The third-order valence-corrected chi connectivity index (χ3v) is 1.90. The molecule has 0 bridgehead atoms. The summed E-state index contributed by atoms with van der Waals surface area (Å²) < 4.78 is 0. The molecule has 0 aliphatic carbocycles. The quantitative estimate of drug-likeness (QED) is 0.448. The standard InChI is InChI=1S/C8H11N5/c9-12-7-1-3-8(4-2-7)13-5-10-11-6-13/h1-5,11-12H,6,9H2. The lowest BCUT2D eigenvalue weighted by Gasteiger charge is -2.13. The first-order valence-electron chi connectivity index (χ1n) is 3.99. The van der Waals surface area contributed by atoms with Gasteiger partial charge in [-0.1, -0.05) is 0 Å². The zero-order valence-electron chi connectivity index (χ0n) is 7.07. The number of nitrogen functional groups attached to an aromatic ring is 1. The maximum atomic E-state index is 5.25. The number of anilines is 2. The number of hydrazone groups is 1. The van der Waals surface area contributed by atoms with E-state index >= 15 is 0 Å². The van der Waals surface area contributed by atoms with Crippen LogP contribution >= 0.6 is 0 Å². The van der Waals surface area contributed by atoms with Gasteiger partial charge >= 0.3 is 0 Å². The van der Waals surface area contributed by atoms with Gasteiger partial charge in [0, 0.05) is 11.4 Å². The van der Waals surface area contributed by atoms with E-state index in [4.69, 9.17) is 5.84 Å². The van der Waals surface area contributed by atoms with Crippen LogP contribution in [0.5, 0.6) is 0 Å². The van der Waals surface area contributed by atoms with Crippen molar-refractivity contribution in [1.82, 2.24) is 5.43 Å². The minimum Gasteiger partial charge on any atom is -0.324 e. The second-order valence-corrected chi connectivity index (χ2v) is 2.72. The summed E-state index contributed by atoms with van der Waals surface area (Å²) >= 11 is 0. The van der Waals surface area contributed by atoms with E-state index in [0.29, 0.717) is 0 Å². The Balaban J connectivity index is 2.17. The van der Waals surface area contributed by atoms with Gasteiger partial charge in [-0.2, -0.15) is 5.10 Å². The molecule has 5 heteroatoms. The largest absolute Gasteiger partial charge is 0.324 e. The molecule has 5 nitrogen and oxygen atoms in total. The van der Waals surface area contributed by atoms with Gasteiger partial charge in [0.25, 0.3) is 0 Å². The van der Waals surface area contributed by atoms with E-state index in [1.165, 1.54) is 0 Å². The molecule has 0 saturated carbocycles. The molecule has 0 unspecified atom stereocenters. The van der Waals surface area contributed by atoms with Crippen LogP contribution in [0.1, 0.15) is 0 Å². The second-order valence-electron chi connectivity index (χ2n) is 2.72. The van der Waals surface area contributed by atoms with Gasteiger partial charge in [-0.15, -0.1) is 0 Å². The third kappa shape index (κ3) is 1.54. The molecule has 1 aromatic rings. The van der Waals surface area contributed by atoms with E-state index in [0.717, 1.165) is 18.0 Å². The lowest BCUT2D eigenvalue weighted by molar-refractivity contribution is 0.808. The normalized spacial score (nSPS) is 14.4. The van der Waals surface area contributed by atoms with Crippen molar-refractivity contribution in [3.63, 3.8) is 0 Å². The molecular formula is C8H11N5. The molecule has 4 N–H and O–H groups in total. The van der Waals surface area contributed by atoms with Crippen molar-refractivity contribution < 1.29 is 0 Å². The second kappa shape index (κ2) is 3.32. The number of rotatable bonds is 2. The predicted octanol–water partition coefficient (Wildman–Crippen LogP) is 0.283. The first-order chi connectivity index (χ1) is 6.40. The monoisotopic (exact) mass is 177 g/mol. The molecule has 13 heavy (non-hydrogen) atoms. The molecule has 0 spiro atoms. The number of hydrazine groups is 1. The van der Waals surface area contributed by atoms with Gasteiger partial charge in [-0.25, -0.2) is 0 Å². The Bertz CT molecular complexity index is 305. The van der Waals surface area contributed by atoms with Crippen molar-refractivity contribution in [2.75, 3.05) is 17.0 Å². The van der Waals surface area contributed by atoms with Crippen molar-refractivity contribution in [2.24, 2.45) is 10.9 Å². The van der Waals surface area contributed by atoms with Crippen molar-refractivity contribution in [3.8, 4) is 0 Å². The van der Waals surface area contributed by atoms with Gasteiger partial charge in [0.1, 0.15) is 13.0 Å². The summed E-state index contributed by atoms with van der Waals surface area (Å²) in [5.74, 6) is 5.25. The smallest absolute Gasteiger partial charge is 0.117 e. The molecule has 0 saturated heterocycles. The highest BCUT2D eigenvalue weighted by molar-refractivity contribution is 5.80. The van der Waals surface area contributed by atoms with Crippen LogP contribution in [0, 0.1) is 0 Å². The molecule has 68 valence electrons. The van der Waals surface area contributed by atoms with E-state index in [-0.39, 0.29) is 0 Å². The Hall–Kier alpha value is -1.75. The summed E-state index contributed by atoms with van der Waals surface area (Å²) in [5.41, 5.74) is 7.42. The summed E-state index contributed by atoms with van der Waals surface area (Å²) in [4.78, 5) is 2.00. The van der Waals surface area contributed by atoms with E-state index in [1.807, 2.05) is 29.2 Å². The minimum atomic E-state index is 0.718. The number of hydrogen-bond donors (Lipinski definition) is 3. The van der Waals surface area contributed by atoms with Crippen LogP contribution in [0.25, 0.3) is 0 Å². The Morgan fingerprint density at radius 1 is 1.38 bits per heavy atom. The van der Waals surface area contributed by atoms with E-state index in [1.54, 1.807) is 6.34 Å². The summed E-state index contributed by atoms with van der Waals surface area (Å²) in [7, 11) is 0. The fraction of sp³-hybridized carbons (Fsp3) is 0.125. The highest BCUT2D eigenvalue weighted by Crippen LogP contribution is 2.16. The van der Waals surface area contributed by atoms with Gasteiger partial charge in [-0.3, -0.25) is 11.3 Å². The topological polar surface area (TPSA) is 65.7 Å². The fourth-order valence-electron chi connectivity index (χ4n) is 1.18. The fourth-order valence-corrected chi connectivity index (χ4v) is 1.18. The molecule has 1 aromatic carbocycles. The Morgan fingerprint density at radius 2 is 2.15 bits per heavy atom. The Morgan fingerprint density at radius 3 is 2.69 bits per heavy atom. The molecule has 2 rings (SSSR count). The van der Waals surface area contributed by atoms with Crippen LogP contribution in [0.2, 0.25) is 0 Å². The lowest BCUT2D eigenvalue weighted by atomic mass is 10.3. The summed E-state index contributed by atoms with van der Waals surface area (Å²) in [6, 6.07) is 7.80. The lowest BCUT2D eigenvalue weighted by Crippen LogP contribution is -2.22. The Kier molecular flexibility index (Phi) is 2.01. The minimum absolute atomic E-state index is 0.718. The highest BCUT2D eigenvalue weighted by Gasteiger charge is 2.06. The maximum absolute atomic E-state index is 5.25. The van der Waals surface area contributed by atoms with Crippen LogP contribution in [-0.2, 0) is 0 Å². The van der Waals surface area contributed by atoms with Crippen molar-refractivity contribution in [2.45, 2.75) is 0 Å². The van der Waals surface area contributed by atoms with Crippen LogP contribution in [0.15, 0.2) is 29.4 Å². The SMILES string of the molecule is NNc1ccc(N2C=NNC2)cc1. The van der Waals surface area contributed by atoms with Crippen molar-refractivity contribution >= 4 is 17.7 Å². The van der Waals surface area contributed by atoms with Gasteiger partial charge in [0.2, 0.25) is 0 Å². The zero-order chi connectivity index (χ0) is 9.10. The number of nitrogens with one attached hydrogen (secondary N) is 2. The highest BCUT2D eigenvalue weighted by atomic mass is 15.5. The molecule has 0 aromatic heterocycles. The zero-order valence-corrected chi connectivity index (χ0v) is 7.07. The van der Waals surface area contributed by atoms with E-state index in [2.05, 4.69) is 16.0 Å². The number of nitrogens with zero attached hydrogens (tertiary/aromatic N) is 2. The first kappa shape index (κ1) is 7.88. The summed E-state index contributed by atoms with van der Waals surface area (Å²) in [6.45, 7) is 0.718. The molecule has 1 aliphatic rings. The third-order valence-electron chi connectivity index (χ3n) is 1.90. The average molecular weight is 177 g/mol. The number of hydrogen-bond acceptors (Lipinski definition) is 5. The predicted molar refractivity (Wildman–Crippen MR) is 53.2 cm³/mol. The van der Waals surface area contributed by atoms with E-state index < -0.39 is 0 Å². The molecule has 0 radical (unpaired) electrons. The Labute approximate surface area is 76.2 Å². The van der Waals surface area contributed by atoms with Gasteiger partial charge < -0.3 is 10.3 Å². The number of benzene rings is 1. The van der Waals surface area contributed by atoms with Crippen LogP contribution in [-0.4, -0.2) is 13.0 Å². The molecule has 1 aliphatic heterocycles. The molecule has 0 amide bonds. The molecule has 0 fully saturated rings. The van der Waals surface area contributed by atoms with Gasteiger partial charge in [-0.05, 0) is 24.3 Å². The average Bonchev–Trinajstić information content (AvgIpc) is 2.71. The van der Waals surface area contributed by atoms with Gasteiger partial charge in [0.05, 0.1) is 0 Å². The summed E-state index contributed by atoms with van der Waals surface area (Å²) in [6.07, 6.45) is 1.75. The van der Waals surface area contributed by atoms with Crippen LogP contribution in [0.4, 0.5) is 11.4 Å². The van der Waals surface area contributed by atoms with E-state index in [9.17, 15) is 0 Å². The van der Waals surface area contributed by atoms with Crippen LogP contribution < -0.4 is 21.6 Å². The number of nitrogens with two attached hydrogens (primary N) is 1. The molecular weight excluding hydrogens is 166 g/mol. The first-order valence-corrected chi connectivity index (χ1v) is 3.99. The molecule has 1 heterocycles. The molecule has 0 atom stereocenters. The summed E-state index contributed by atoms with van der Waals surface area (Å²) in [5, 5.41) is 3.89. The van der Waals surface area contributed by atoms with Crippen molar-refractivity contribution in [3.05, 3.63) is 24.3 Å². The van der Waals surface area contributed by atoms with Gasteiger partial charge in [0.15, 0.2) is 0 Å². The van der Waals surface area contributed by atoms with Crippen LogP contribution in [0.3, 0.4) is 0 Å². The van der Waals surface area contributed by atoms with Crippen molar-refractivity contribution in [1.29, 1.82) is 0 Å².